The van der Waals surface area contributed by atoms with Crippen molar-refractivity contribution in [2.75, 3.05) is 6.54 Å². The number of aromatic nitrogens is 1. The molecule has 0 aliphatic carbocycles. The summed E-state index contributed by atoms with van der Waals surface area (Å²) in [6.07, 6.45) is 1.70. The van der Waals surface area contributed by atoms with E-state index in [2.05, 4.69) is 46.1 Å². The van der Waals surface area contributed by atoms with E-state index >= 15 is 0 Å². The normalized spacial score (nSPS) is 10.8. The van der Waals surface area contributed by atoms with Gasteiger partial charge in [-0.05, 0) is 41.0 Å². The fraction of sp³-hybridized carbons (Fsp3) is 0.308. The molecule has 1 aromatic heterocycles. The first-order valence-electron chi connectivity index (χ1n) is 5.63. The Morgan fingerprint density at radius 1 is 1.41 bits per heavy atom. The standard InChI is InChI=1S/C13H15BrN2O/c1-3-15-7-10-8-17-13(16-10)11-6-4-5-9(2)12(11)14/h4-6,8,15H,3,7H2,1-2H3. The monoisotopic (exact) mass is 294 g/mol. The van der Waals surface area contributed by atoms with Gasteiger partial charge in [0.05, 0.1) is 11.3 Å². The van der Waals surface area contributed by atoms with Crippen molar-refractivity contribution in [1.29, 1.82) is 0 Å². The number of nitrogens with zero attached hydrogens (tertiary/aromatic N) is 1. The molecule has 2 aromatic rings. The van der Waals surface area contributed by atoms with E-state index in [-0.39, 0.29) is 0 Å². The molecule has 3 nitrogen and oxygen atoms in total. The Morgan fingerprint density at radius 3 is 3.00 bits per heavy atom. The Labute approximate surface area is 109 Å². The van der Waals surface area contributed by atoms with Crippen LogP contribution in [0.3, 0.4) is 0 Å². The third kappa shape index (κ3) is 2.76. The highest BCUT2D eigenvalue weighted by Gasteiger charge is 2.10. The smallest absolute Gasteiger partial charge is 0.227 e. The number of hydrogen-bond acceptors (Lipinski definition) is 3. The fourth-order valence-electron chi connectivity index (χ4n) is 1.58. The highest BCUT2D eigenvalue weighted by Crippen LogP contribution is 2.29. The van der Waals surface area contributed by atoms with E-state index in [9.17, 15) is 0 Å². The minimum absolute atomic E-state index is 0.661. The van der Waals surface area contributed by atoms with Gasteiger partial charge >= 0.3 is 0 Å². The van der Waals surface area contributed by atoms with E-state index in [4.69, 9.17) is 4.42 Å². The van der Waals surface area contributed by atoms with E-state index in [1.165, 1.54) is 5.56 Å². The van der Waals surface area contributed by atoms with Crippen LogP contribution in [0, 0.1) is 6.92 Å². The molecule has 0 bridgehead atoms. The minimum Gasteiger partial charge on any atom is -0.444 e. The van der Waals surface area contributed by atoms with Crippen molar-refractivity contribution < 1.29 is 4.42 Å². The number of rotatable bonds is 4. The summed E-state index contributed by atoms with van der Waals surface area (Å²) in [6.45, 7) is 5.79. The summed E-state index contributed by atoms with van der Waals surface area (Å²) >= 11 is 3.56. The predicted octanol–water partition coefficient (Wildman–Crippen LogP) is 3.52. The topological polar surface area (TPSA) is 38.1 Å². The molecule has 0 saturated heterocycles. The van der Waals surface area contributed by atoms with Gasteiger partial charge in [0.2, 0.25) is 5.89 Å². The molecule has 0 aliphatic heterocycles. The number of aryl methyl sites for hydroxylation is 1. The molecular formula is C13H15BrN2O. The van der Waals surface area contributed by atoms with E-state index in [0.717, 1.165) is 28.8 Å². The number of nitrogens with one attached hydrogen (secondary N) is 1. The molecule has 0 spiro atoms. The van der Waals surface area contributed by atoms with Crippen LogP contribution >= 0.6 is 15.9 Å². The number of hydrogen-bond donors (Lipinski definition) is 1. The summed E-state index contributed by atoms with van der Waals surface area (Å²) in [7, 11) is 0. The second kappa shape index (κ2) is 5.47. The lowest BCUT2D eigenvalue weighted by atomic mass is 10.1. The Morgan fingerprint density at radius 2 is 2.24 bits per heavy atom. The molecule has 0 fully saturated rings. The van der Waals surface area contributed by atoms with Crippen molar-refractivity contribution in [2.24, 2.45) is 0 Å². The van der Waals surface area contributed by atoms with Gasteiger partial charge in [0.15, 0.2) is 0 Å². The van der Waals surface area contributed by atoms with Crippen LogP contribution in [0.2, 0.25) is 0 Å². The summed E-state index contributed by atoms with van der Waals surface area (Å²) in [4.78, 5) is 4.46. The summed E-state index contributed by atoms with van der Waals surface area (Å²) in [5.74, 6) is 0.661. The molecule has 0 radical (unpaired) electrons. The average molecular weight is 295 g/mol. The Kier molecular flexibility index (Phi) is 3.97. The Hall–Kier alpha value is -1.13. The zero-order valence-electron chi connectivity index (χ0n) is 9.96. The molecule has 0 amide bonds. The van der Waals surface area contributed by atoms with Gasteiger partial charge in [-0.1, -0.05) is 19.1 Å². The molecule has 17 heavy (non-hydrogen) atoms. The number of benzene rings is 1. The van der Waals surface area contributed by atoms with Crippen LogP contribution in [0.1, 0.15) is 18.2 Å². The molecule has 0 unspecified atom stereocenters. The molecule has 1 N–H and O–H groups in total. The first kappa shape index (κ1) is 12.3. The van der Waals surface area contributed by atoms with Gasteiger partial charge in [-0.15, -0.1) is 0 Å². The second-order valence-electron chi connectivity index (χ2n) is 3.86. The maximum atomic E-state index is 5.50. The van der Waals surface area contributed by atoms with E-state index < -0.39 is 0 Å². The predicted molar refractivity (Wildman–Crippen MR) is 71.8 cm³/mol. The molecule has 0 atom stereocenters. The number of oxazole rings is 1. The van der Waals surface area contributed by atoms with Crippen molar-refractivity contribution >= 4 is 15.9 Å². The second-order valence-corrected chi connectivity index (χ2v) is 4.65. The van der Waals surface area contributed by atoms with Crippen molar-refractivity contribution in [3.8, 4) is 11.5 Å². The van der Waals surface area contributed by atoms with Gasteiger partial charge < -0.3 is 9.73 Å². The van der Waals surface area contributed by atoms with Crippen LogP contribution in [0.5, 0.6) is 0 Å². The van der Waals surface area contributed by atoms with Crippen molar-refractivity contribution in [2.45, 2.75) is 20.4 Å². The fourth-order valence-corrected chi connectivity index (χ4v) is 2.01. The third-order valence-corrected chi connectivity index (χ3v) is 3.58. The lowest BCUT2D eigenvalue weighted by Gasteiger charge is -2.02. The van der Waals surface area contributed by atoms with Crippen molar-refractivity contribution in [3.63, 3.8) is 0 Å². The summed E-state index contributed by atoms with van der Waals surface area (Å²) in [5, 5.41) is 3.22. The van der Waals surface area contributed by atoms with E-state index in [1.54, 1.807) is 6.26 Å². The van der Waals surface area contributed by atoms with E-state index in [1.807, 2.05) is 12.1 Å². The first-order chi connectivity index (χ1) is 8.22. The molecule has 0 aliphatic rings. The van der Waals surface area contributed by atoms with Crippen LogP contribution in [-0.4, -0.2) is 11.5 Å². The molecule has 4 heteroatoms. The van der Waals surface area contributed by atoms with Gasteiger partial charge in [0.25, 0.3) is 0 Å². The van der Waals surface area contributed by atoms with Crippen LogP contribution in [0.25, 0.3) is 11.5 Å². The highest BCUT2D eigenvalue weighted by atomic mass is 79.9. The van der Waals surface area contributed by atoms with Gasteiger partial charge in [0.1, 0.15) is 6.26 Å². The highest BCUT2D eigenvalue weighted by molar-refractivity contribution is 9.10. The van der Waals surface area contributed by atoms with Gasteiger partial charge in [-0.25, -0.2) is 4.98 Å². The maximum Gasteiger partial charge on any atom is 0.227 e. The summed E-state index contributed by atoms with van der Waals surface area (Å²) in [5.41, 5.74) is 3.09. The first-order valence-corrected chi connectivity index (χ1v) is 6.42. The van der Waals surface area contributed by atoms with Crippen molar-refractivity contribution in [1.82, 2.24) is 10.3 Å². The number of halogens is 1. The van der Waals surface area contributed by atoms with Crippen LogP contribution in [-0.2, 0) is 6.54 Å². The molecular weight excluding hydrogens is 280 g/mol. The molecule has 90 valence electrons. The molecule has 0 saturated carbocycles. The van der Waals surface area contributed by atoms with Gasteiger partial charge in [-0.2, -0.15) is 0 Å². The zero-order valence-corrected chi connectivity index (χ0v) is 11.5. The molecule has 2 rings (SSSR count). The van der Waals surface area contributed by atoms with Gasteiger partial charge in [-0.3, -0.25) is 0 Å². The summed E-state index contributed by atoms with van der Waals surface area (Å²) < 4.78 is 6.54. The van der Waals surface area contributed by atoms with Crippen molar-refractivity contribution in [3.05, 3.63) is 40.2 Å². The van der Waals surface area contributed by atoms with Gasteiger partial charge in [0, 0.05) is 11.0 Å². The lowest BCUT2D eigenvalue weighted by Crippen LogP contribution is -2.11. The van der Waals surface area contributed by atoms with Crippen LogP contribution < -0.4 is 5.32 Å². The minimum atomic E-state index is 0.661. The Balaban J connectivity index is 2.27. The SMILES string of the molecule is CCNCc1coc(-c2cccc(C)c2Br)n1. The molecule has 1 heterocycles. The lowest BCUT2D eigenvalue weighted by molar-refractivity contribution is 0.570. The Bertz CT molecular complexity index is 508. The zero-order chi connectivity index (χ0) is 12.3. The molecule has 1 aromatic carbocycles. The average Bonchev–Trinajstić information content (AvgIpc) is 2.78. The quantitative estimate of drug-likeness (QED) is 0.937. The summed E-state index contributed by atoms with van der Waals surface area (Å²) in [6, 6.07) is 6.06. The maximum absolute atomic E-state index is 5.50. The largest absolute Gasteiger partial charge is 0.444 e. The van der Waals surface area contributed by atoms with Crippen LogP contribution in [0.4, 0.5) is 0 Å². The van der Waals surface area contributed by atoms with Crippen LogP contribution in [0.15, 0.2) is 33.4 Å². The van der Waals surface area contributed by atoms with E-state index in [0.29, 0.717) is 5.89 Å². The third-order valence-electron chi connectivity index (χ3n) is 2.53.